The maximum atomic E-state index is 12.2. The molecule has 0 fully saturated rings. The first-order chi connectivity index (χ1) is 11.4. The van der Waals surface area contributed by atoms with Gasteiger partial charge in [-0.05, 0) is 42.0 Å². The first-order valence-electron chi connectivity index (χ1n) is 7.85. The molecule has 0 saturated carbocycles. The highest BCUT2D eigenvalue weighted by Crippen LogP contribution is 2.22. The molecule has 0 bridgehead atoms. The van der Waals surface area contributed by atoms with E-state index in [4.69, 9.17) is 0 Å². The van der Waals surface area contributed by atoms with Crippen molar-refractivity contribution in [3.8, 4) is 0 Å². The van der Waals surface area contributed by atoms with Crippen molar-refractivity contribution in [2.24, 2.45) is 0 Å². The molecule has 2 rings (SSSR count). The van der Waals surface area contributed by atoms with Gasteiger partial charge in [0.25, 0.3) is 5.91 Å². The van der Waals surface area contributed by atoms with Crippen molar-refractivity contribution in [1.82, 2.24) is 5.32 Å². The van der Waals surface area contributed by atoms with E-state index in [1.165, 1.54) is 11.8 Å². The topological polar surface area (TPSA) is 58.2 Å². The Balaban J connectivity index is 1.89. The maximum Gasteiger partial charge on any atom is 0.251 e. The normalized spacial score (nSPS) is 10.5. The summed E-state index contributed by atoms with van der Waals surface area (Å²) in [5, 5.41) is 6.13. The van der Waals surface area contributed by atoms with Gasteiger partial charge < -0.3 is 10.6 Å². The molecule has 2 aromatic carbocycles. The molecule has 4 nitrogen and oxygen atoms in total. The number of hydrogen-bond acceptors (Lipinski definition) is 3. The van der Waals surface area contributed by atoms with Gasteiger partial charge in [0.1, 0.15) is 0 Å². The van der Waals surface area contributed by atoms with E-state index in [0.717, 1.165) is 5.56 Å². The van der Waals surface area contributed by atoms with Crippen molar-refractivity contribution < 1.29 is 9.59 Å². The standard InChI is InChI=1S/C19H22N2O2S/c1-13(2)24-18-10-4-15(5-11-18)12-20-19(23)16-6-8-17(9-7-16)21-14(3)22/h4-11,13H,12H2,1-3H3,(H,20,23)(H,21,22). The van der Waals surface area contributed by atoms with E-state index in [1.807, 2.05) is 23.9 Å². The Morgan fingerprint density at radius 2 is 1.62 bits per heavy atom. The van der Waals surface area contributed by atoms with Crippen LogP contribution in [0.4, 0.5) is 5.69 Å². The van der Waals surface area contributed by atoms with Crippen LogP contribution in [0.25, 0.3) is 0 Å². The molecule has 0 aliphatic rings. The molecule has 0 saturated heterocycles. The number of anilines is 1. The van der Waals surface area contributed by atoms with Crippen molar-refractivity contribution in [1.29, 1.82) is 0 Å². The molecule has 5 heteroatoms. The minimum atomic E-state index is -0.134. The van der Waals surface area contributed by atoms with Crippen LogP contribution < -0.4 is 10.6 Å². The zero-order valence-electron chi connectivity index (χ0n) is 14.1. The summed E-state index contributed by atoms with van der Waals surface area (Å²) < 4.78 is 0. The lowest BCUT2D eigenvalue weighted by Crippen LogP contribution is -2.22. The largest absolute Gasteiger partial charge is 0.348 e. The minimum Gasteiger partial charge on any atom is -0.348 e. The summed E-state index contributed by atoms with van der Waals surface area (Å²) >= 11 is 1.82. The Kier molecular flexibility index (Phi) is 6.44. The lowest BCUT2D eigenvalue weighted by molar-refractivity contribution is -0.114. The predicted octanol–water partition coefficient (Wildman–Crippen LogP) is 4.08. The van der Waals surface area contributed by atoms with Gasteiger partial charge >= 0.3 is 0 Å². The maximum absolute atomic E-state index is 12.2. The fraction of sp³-hybridized carbons (Fsp3) is 0.263. The van der Waals surface area contributed by atoms with Crippen molar-refractivity contribution >= 4 is 29.3 Å². The number of thioether (sulfide) groups is 1. The van der Waals surface area contributed by atoms with Crippen LogP contribution in [-0.4, -0.2) is 17.1 Å². The van der Waals surface area contributed by atoms with Gasteiger partial charge in [0.15, 0.2) is 0 Å². The zero-order valence-corrected chi connectivity index (χ0v) is 14.9. The minimum absolute atomic E-state index is 0.133. The third-order valence-electron chi connectivity index (χ3n) is 3.22. The first-order valence-corrected chi connectivity index (χ1v) is 8.73. The van der Waals surface area contributed by atoms with Crippen LogP contribution in [0.3, 0.4) is 0 Å². The van der Waals surface area contributed by atoms with Crippen LogP contribution >= 0.6 is 11.8 Å². The number of rotatable bonds is 6. The Morgan fingerprint density at radius 3 is 2.17 bits per heavy atom. The number of nitrogens with one attached hydrogen (secondary N) is 2. The number of hydrogen-bond donors (Lipinski definition) is 2. The molecule has 0 unspecified atom stereocenters. The van der Waals surface area contributed by atoms with Crippen LogP contribution in [0.15, 0.2) is 53.4 Å². The van der Waals surface area contributed by atoms with Gasteiger partial charge in [0, 0.05) is 34.9 Å². The summed E-state index contributed by atoms with van der Waals surface area (Å²) in [5.41, 5.74) is 2.31. The molecule has 24 heavy (non-hydrogen) atoms. The second kappa shape index (κ2) is 8.55. The summed E-state index contributed by atoms with van der Waals surface area (Å²) in [6.45, 7) is 6.26. The van der Waals surface area contributed by atoms with Crippen LogP contribution in [0.5, 0.6) is 0 Å². The summed E-state index contributed by atoms with van der Waals surface area (Å²) in [4.78, 5) is 24.4. The Morgan fingerprint density at radius 1 is 1.00 bits per heavy atom. The summed E-state index contributed by atoms with van der Waals surface area (Å²) in [6.07, 6.45) is 0. The monoisotopic (exact) mass is 342 g/mol. The quantitative estimate of drug-likeness (QED) is 0.778. The number of amides is 2. The Hall–Kier alpha value is -2.27. The van der Waals surface area contributed by atoms with Gasteiger partial charge in [-0.25, -0.2) is 0 Å². The van der Waals surface area contributed by atoms with Crippen molar-refractivity contribution in [2.45, 2.75) is 37.5 Å². The van der Waals surface area contributed by atoms with E-state index < -0.39 is 0 Å². The van der Waals surface area contributed by atoms with Crippen molar-refractivity contribution in [2.75, 3.05) is 5.32 Å². The summed E-state index contributed by atoms with van der Waals surface area (Å²) in [5.74, 6) is -0.267. The Bertz CT molecular complexity index is 694. The molecule has 0 aliphatic heterocycles. The van der Waals surface area contributed by atoms with Gasteiger partial charge in [-0.2, -0.15) is 0 Å². The fourth-order valence-corrected chi connectivity index (χ4v) is 2.99. The second-order valence-corrected chi connectivity index (χ2v) is 7.40. The van der Waals surface area contributed by atoms with Crippen LogP contribution in [0, 0.1) is 0 Å². The fourth-order valence-electron chi connectivity index (χ4n) is 2.15. The predicted molar refractivity (Wildman–Crippen MR) is 99.4 cm³/mol. The van der Waals surface area contributed by atoms with E-state index in [9.17, 15) is 9.59 Å². The molecule has 2 aromatic rings. The van der Waals surface area contributed by atoms with Gasteiger partial charge in [-0.3, -0.25) is 9.59 Å². The van der Waals surface area contributed by atoms with Crippen molar-refractivity contribution in [3.05, 3.63) is 59.7 Å². The highest BCUT2D eigenvalue weighted by molar-refractivity contribution is 7.99. The van der Waals surface area contributed by atoms with E-state index in [0.29, 0.717) is 23.0 Å². The molecule has 0 spiro atoms. The number of carbonyl (C=O) groups is 2. The van der Waals surface area contributed by atoms with Gasteiger partial charge in [0.2, 0.25) is 5.91 Å². The highest BCUT2D eigenvalue weighted by atomic mass is 32.2. The molecule has 2 N–H and O–H groups in total. The SMILES string of the molecule is CC(=O)Nc1ccc(C(=O)NCc2ccc(SC(C)C)cc2)cc1. The molecular weight excluding hydrogens is 320 g/mol. The van der Waals surface area contributed by atoms with E-state index in [2.05, 4.69) is 36.6 Å². The van der Waals surface area contributed by atoms with Crippen LogP contribution in [-0.2, 0) is 11.3 Å². The number of benzene rings is 2. The first kappa shape index (κ1) is 18.1. The summed E-state index contributed by atoms with van der Waals surface area (Å²) in [6, 6.07) is 15.0. The Labute approximate surface area is 147 Å². The average Bonchev–Trinajstić information content (AvgIpc) is 2.53. The average molecular weight is 342 g/mol. The van der Waals surface area contributed by atoms with Gasteiger partial charge in [0.05, 0.1) is 0 Å². The molecule has 0 heterocycles. The summed E-state index contributed by atoms with van der Waals surface area (Å²) in [7, 11) is 0. The van der Waals surface area contributed by atoms with E-state index >= 15 is 0 Å². The zero-order chi connectivity index (χ0) is 17.5. The molecule has 126 valence electrons. The lowest BCUT2D eigenvalue weighted by Gasteiger charge is -2.08. The molecule has 0 atom stereocenters. The van der Waals surface area contributed by atoms with E-state index in [1.54, 1.807) is 24.3 Å². The molecule has 0 aliphatic carbocycles. The molecule has 0 radical (unpaired) electrons. The smallest absolute Gasteiger partial charge is 0.251 e. The molecule has 0 aromatic heterocycles. The van der Waals surface area contributed by atoms with Gasteiger partial charge in [-0.1, -0.05) is 26.0 Å². The third-order valence-corrected chi connectivity index (χ3v) is 4.23. The van der Waals surface area contributed by atoms with E-state index in [-0.39, 0.29) is 11.8 Å². The van der Waals surface area contributed by atoms with Gasteiger partial charge in [-0.15, -0.1) is 11.8 Å². The van der Waals surface area contributed by atoms with Crippen LogP contribution in [0.2, 0.25) is 0 Å². The molecular formula is C19H22N2O2S. The highest BCUT2D eigenvalue weighted by Gasteiger charge is 2.06. The second-order valence-electron chi connectivity index (χ2n) is 5.75. The lowest BCUT2D eigenvalue weighted by atomic mass is 10.1. The third kappa shape index (κ3) is 5.74. The van der Waals surface area contributed by atoms with Crippen LogP contribution in [0.1, 0.15) is 36.7 Å². The van der Waals surface area contributed by atoms with Crippen molar-refractivity contribution in [3.63, 3.8) is 0 Å². The number of carbonyl (C=O) groups excluding carboxylic acids is 2. The molecule has 2 amide bonds.